The Morgan fingerprint density at radius 2 is 2.23 bits per heavy atom. The van der Waals surface area contributed by atoms with Gasteiger partial charge in [-0.05, 0) is 44.0 Å². The quantitative estimate of drug-likeness (QED) is 0.827. The van der Waals surface area contributed by atoms with Gasteiger partial charge in [-0.3, -0.25) is 4.79 Å². The molecule has 4 nitrogen and oxygen atoms in total. The van der Waals surface area contributed by atoms with Crippen molar-refractivity contribution < 1.29 is 9.21 Å². The number of carbonyl (C=O) groups excluding carboxylic acids is 1. The van der Waals surface area contributed by atoms with Crippen LogP contribution in [-0.4, -0.2) is 25.0 Å². The molecule has 2 atom stereocenters. The summed E-state index contributed by atoms with van der Waals surface area (Å²) in [5.41, 5.74) is 1.64. The maximum Gasteiger partial charge on any atom is 0.287 e. The standard InChI is InChI=1S/C16H19BrN2O2.ClH/c1-9-5-6-18-8-13(9)19-16(20)15-10(2)12-7-11(17)3-4-14(12)21-15;/h3-4,7,9,13,18H,5-6,8H2,1-2H3,(H,19,20);1H. The fraction of sp³-hybridized carbons (Fsp3) is 0.438. The number of hydrogen-bond donors (Lipinski definition) is 2. The lowest BCUT2D eigenvalue weighted by molar-refractivity contribution is 0.0888. The van der Waals surface area contributed by atoms with Crippen molar-refractivity contribution in [1.29, 1.82) is 0 Å². The Morgan fingerprint density at radius 1 is 1.45 bits per heavy atom. The average Bonchev–Trinajstić information content (AvgIpc) is 2.79. The van der Waals surface area contributed by atoms with E-state index in [2.05, 4.69) is 33.5 Å². The number of amides is 1. The third-order valence-electron chi connectivity index (χ3n) is 4.25. The van der Waals surface area contributed by atoms with E-state index < -0.39 is 0 Å². The van der Waals surface area contributed by atoms with Crippen LogP contribution in [0.1, 0.15) is 29.5 Å². The van der Waals surface area contributed by atoms with Gasteiger partial charge in [0.2, 0.25) is 0 Å². The molecule has 0 spiro atoms. The predicted molar refractivity (Wildman–Crippen MR) is 93.8 cm³/mol. The van der Waals surface area contributed by atoms with Gasteiger partial charge in [0.25, 0.3) is 5.91 Å². The highest BCUT2D eigenvalue weighted by Gasteiger charge is 2.25. The number of aryl methyl sites for hydroxylation is 1. The molecular weight excluding hydrogens is 368 g/mol. The van der Waals surface area contributed by atoms with Crippen LogP contribution in [0.25, 0.3) is 11.0 Å². The predicted octanol–water partition coefficient (Wildman–Crippen LogP) is 3.65. The smallest absolute Gasteiger partial charge is 0.287 e. The van der Waals surface area contributed by atoms with Crippen molar-refractivity contribution in [2.45, 2.75) is 26.3 Å². The molecule has 1 aromatic carbocycles. The molecule has 2 aromatic rings. The minimum atomic E-state index is -0.125. The van der Waals surface area contributed by atoms with E-state index in [0.29, 0.717) is 11.7 Å². The molecule has 22 heavy (non-hydrogen) atoms. The third kappa shape index (κ3) is 3.31. The zero-order chi connectivity index (χ0) is 15.0. The number of benzene rings is 1. The fourth-order valence-corrected chi connectivity index (χ4v) is 3.19. The SMILES string of the molecule is Cc1c(C(=O)NC2CNCCC2C)oc2ccc(Br)cc12.Cl. The number of carbonyl (C=O) groups is 1. The van der Waals surface area contributed by atoms with Gasteiger partial charge in [0.05, 0.1) is 0 Å². The molecule has 0 saturated carbocycles. The summed E-state index contributed by atoms with van der Waals surface area (Å²) >= 11 is 3.45. The maximum absolute atomic E-state index is 12.5. The Kier molecular flexibility index (Phi) is 5.53. The van der Waals surface area contributed by atoms with E-state index in [0.717, 1.165) is 40.5 Å². The fourth-order valence-electron chi connectivity index (χ4n) is 2.83. The number of furan rings is 1. The molecule has 1 saturated heterocycles. The van der Waals surface area contributed by atoms with Crippen molar-refractivity contribution in [3.63, 3.8) is 0 Å². The van der Waals surface area contributed by atoms with Crippen LogP contribution >= 0.6 is 28.3 Å². The van der Waals surface area contributed by atoms with Crippen LogP contribution in [-0.2, 0) is 0 Å². The van der Waals surface area contributed by atoms with Crippen molar-refractivity contribution in [1.82, 2.24) is 10.6 Å². The van der Waals surface area contributed by atoms with Crippen LogP contribution in [0.15, 0.2) is 27.1 Å². The average molecular weight is 388 g/mol. The van der Waals surface area contributed by atoms with Gasteiger partial charge >= 0.3 is 0 Å². The first-order chi connectivity index (χ1) is 10.1. The van der Waals surface area contributed by atoms with Gasteiger partial charge < -0.3 is 15.1 Å². The molecule has 120 valence electrons. The van der Waals surface area contributed by atoms with Gasteiger partial charge in [-0.2, -0.15) is 0 Å². The number of fused-ring (bicyclic) bond motifs is 1. The van der Waals surface area contributed by atoms with Crippen molar-refractivity contribution in [3.05, 3.63) is 34.0 Å². The highest BCUT2D eigenvalue weighted by molar-refractivity contribution is 9.10. The maximum atomic E-state index is 12.5. The molecule has 2 unspecified atom stereocenters. The molecule has 0 radical (unpaired) electrons. The second kappa shape index (κ2) is 7.02. The number of hydrogen-bond acceptors (Lipinski definition) is 3. The number of halogens is 2. The topological polar surface area (TPSA) is 54.3 Å². The Hall–Kier alpha value is -1.04. The first kappa shape index (κ1) is 17.3. The molecule has 6 heteroatoms. The Morgan fingerprint density at radius 3 is 2.95 bits per heavy atom. The molecule has 2 heterocycles. The van der Waals surface area contributed by atoms with Gasteiger partial charge in [0.15, 0.2) is 5.76 Å². The van der Waals surface area contributed by atoms with E-state index in [-0.39, 0.29) is 24.4 Å². The van der Waals surface area contributed by atoms with E-state index in [1.54, 1.807) is 0 Å². The summed E-state index contributed by atoms with van der Waals surface area (Å²) in [6.45, 7) is 5.94. The van der Waals surface area contributed by atoms with Crippen molar-refractivity contribution in [2.75, 3.05) is 13.1 Å². The Labute approximate surface area is 144 Å². The molecule has 1 aromatic heterocycles. The highest BCUT2D eigenvalue weighted by Crippen LogP contribution is 2.28. The Balaban J connectivity index is 0.00000176. The summed E-state index contributed by atoms with van der Waals surface area (Å²) in [4.78, 5) is 12.5. The summed E-state index contributed by atoms with van der Waals surface area (Å²) in [6.07, 6.45) is 1.08. The van der Waals surface area contributed by atoms with Gasteiger partial charge in [-0.15, -0.1) is 12.4 Å². The molecule has 2 N–H and O–H groups in total. The number of piperidine rings is 1. The molecule has 1 aliphatic heterocycles. The lowest BCUT2D eigenvalue weighted by atomic mass is 9.94. The first-order valence-corrected chi connectivity index (χ1v) is 8.06. The van der Waals surface area contributed by atoms with Crippen molar-refractivity contribution in [3.8, 4) is 0 Å². The largest absolute Gasteiger partial charge is 0.451 e. The molecule has 1 aliphatic rings. The van der Waals surface area contributed by atoms with Gasteiger partial charge in [0.1, 0.15) is 5.58 Å². The van der Waals surface area contributed by atoms with E-state index >= 15 is 0 Å². The Bertz CT molecular complexity index is 686. The molecular formula is C16H20BrClN2O2. The summed E-state index contributed by atoms with van der Waals surface area (Å²) in [5.74, 6) is 0.773. The normalized spacial score (nSPS) is 21.4. The zero-order valence-corrected chi connectivity index (χ0v) is 15.0. The van der Waals surface area contributed by atoms with Crippen LogP contribution in [0.2, 0.25) is 0 Å². The first-order valence-electron chi connectivity index (χ1n) is 7.26. The van der Waals surface area contributed by atoms with Gasteiger partial charge in [-0.25, -0.2) is 0 Å². The van der Waals surface area contributed by atoms with E-state index in [4.69, 9.17) is 4.42 Å². The number of rotatable bonds is 2. The second-order valence-electron chi connectivity index (χ2n) is 5.75. The summed E-state index contributed by atoms with van der Waals surface area (Å²) in [5, 5.41) is 7.39. The molecule has 1 fully saturated rings. The molecule has 0 bridgehead atoms. The number of nitrogens with one attached hydrogen (secondary N) is 2. The summed E-state index contributed by atoms with van der Waals surface area (Å²) in [7, 11) is 0. The van der Waals surface area contributed by atoms with E-state index in [9.17, 15) is 4.79 Å². The van der Waals surface area contributed by atoms with Gasteiger partial charge in [0, 0.05) is 28.0 Å². The van der Waals surface area contributed by atoms with Crippen LogP contribution in [0, 0.1) is 12.8 Å². The monoisotopic (exact) mass is 386 g/mol. The van der Waals surface area contributed by atoms with Crippen LogP contribution in [0.3, 0.4) is 0 Å². The van der Waals surface area contributed by atoms with Gasteiger partial charge in [-0.1, -0.05) is 22.9 Å². The minimum absolute atomic E-state index is 0. The van der Waals surface area contributed by atoms with E-state index in [1.165, 1.54) is 0 Å². The molecule has 1 amide bonds. The highest BCUT2D eigenvalue weighted by atomic mass is 79.9. The molecule has 3 rings (SSSR count). The third-order valence-corrected chi connectivity index (χ3v) is 4.74. The van der Waals surface area contributed by atoms with Crippen LogP contribution < -0.4 is 10.6 Å². The molecule has 0 aliphatic carbocycles. The lowest BCUT2D eigenvalue weighted by Crippen LogP contribution is -2.50. The van der Waals surface area contributed by atoms with Crippen LogP contribution in [0.5, 0.6) is 0 Å². The zero-order valence-electron chi connectivity index (χ0n) is 12.6. The van der Waals surface area contributed by atoms with Crippen molar-refractivity contribution in [2.24, 2.45) is 5.92 Å². The van der Waals surface area contributed by atoms with E-state index in [1.807, 2.05) is 25.1 Å². The second-order valence-corrected chi connectivity index (χ2v) is 6.66. The summed E-state index contributed by atoms with van der Waals surface area (Å²) < 4.78 is 6.72. The lowest BCUT2D eigenvalue weighted by Gasteiger charge is -2.29. The van der Waals surface area contributed by atoms with Crippen molar-refractivity contribution >= 4 is 45.2 Å². The van der Waals surface area contributed by atoms with Crippen LogP contribution in [0.4, 0.5) is 0 Å². The summed E-state index contributed by atoms with van der Waals surface area (Å²) in [6, 6.07) is 5.94. The minimum Gasteiger partial charge on any atom is -0.451 e.